The summed E-state index contributed by atoms with van der Waals surface area (Å²) in [5.74, 6) is 0.168. The number of rotatable bonds is 5. The number of carbonyl (C=O) groups is 1. The highest BCUT2D eigenvalue weighted by Gasteiger charge is 2.40. The van der Waals surface area contributed by atoms with Crippen molar-refractivity contribution in [2.45, 2.75) is 39.5 Å². The molecule has 110 valence electrons. The van der Waals surface area contributed by atoms with Crippen LogP contribution in [0.4, 0.5) is 5.69 Å². The van der Waals surface area contributed by atoms with Gasteiger partial charge in [0.1, 0.15) is 0 Å². The number of aryl methyl sites for hydroxylation is 1. The number of amides is 1. The second-order valence-corrected chi connectivity index (χ2v) is 6.48. The zero-order valence-corrected chi connectivity index (χ0v) is 13.8. The lowest BCUT2D eigenvalue weighted by Crippen LogP contribution is -2.38. The van der Waals surface area contributed by atoms with Crippen molar-refractivity contribution in [2.24, 2.45) is 5.41 Å². The smallest absolute Gasteiger partial charge is 0.231 e. The lowest BCUT2D eigenvalue weighted by molar-refractivity contribution is -0.125. The first kappa shape index (κ1) is 15.5. The number of benzene rings is 1. The van der Waals surface area contributed by atoms with Gasteiger partial charge in [0.2, 0.25) is 5.91 Å². The highest BCUT2D eigenvalue weighted by Crippen LogP contribution is 2.33. The van der Waals surface area contributed by atoms with Gasteiger partial charge in [-0.15, -0.1) is 0 Å². The minimum Gasteiger partial charge on any atom is -0.325 e. The second-order valence-electron chi connectivity index (χ2n) is 5.57. The van der Waals surface area contributed by atoms with Gasteiger partial charge in [0.25, 0.3) is 0 Å². The first-order chi connectivity index (χ1) is 9.61. The predicted octanol–water partition coefficient (Wildman–Crippen LogP) is 3.73. The normalized spacial score (nSPS) is 21.9. The summed E-state index contributed by atoms with van der Waals surface area (Å²) in [4.78, 5) is 12.7. The summed E-state index contributed by atoms with van der Waals surface area (Å²) in [5, 5.41) is 6.49. The summed E-state index contributed by atoms with van der Waals surface area (Å²) < 4.78 is 1.05. The summed E-state index contributed by atoms with van der Waals surface area (Å²) in [7, 11) is 0. The van der Waals surface area contributed by atoms with E-state index in [0.717, 1.165) is 48.9 Å². The fraction of sp³-hybridized carbons (Fsp3) is 0.562. The average Bonchev–Trinajstić information content (AvgIpc) is 2.91. The van der Waals surface area contributed by atoms with Crippen LogP contribution in [0.1, 0.15) is 38.7 Å². The van der Waals surface area contributed by atoms with E-state index in [1.54, 1.807) is 0 Å². The molecule has 0 spiro atoms. The van der Waals surface area contributed by atoms with Gasteiger partial charge >= 0.3 is 0 Å². The van der Waals surface area contributed by atoms with Crippen LogP contribution in [-0.4, -0.2) is 19.0 Å². The van der Waals surface area contributed by atoms with E-state index in [2.05, 4.69) is 46.5 Å². The monoisotopic (exact) mass is 338 g/mol. The molecule has 1 aliphatic rings. The molecule has 1 fully saturated rings. The Balaban J connectivity index is 2.18. The number of carbonyl (C=O) groups excluding carboxylic acids is 1. The van der Waals surface area contributed by atoms with E-state index in [-0.39, 0.29) is 11.3 Å². The van der Waals surface area contributed by atoms with E-state index in [9.17, 15) is 4.79 Å². The lowest BCUT2D eigenvalue weighted by atomic mass is 9.81. The summed E-state index contributed by atoms with van der Waals surface area (Å²) >= 11 is 3.48. The Kier molecular flexibility index (Phi) is 5.22. The minimum atomic E-state index is -0.229. The van der Waals surface area contributed by atoms with Crippen LogP contribution < -0.4 is 10.6 Å². The van der Waals surface area contributed by atoms with Gasteiger partial charge in [-0.2, -0.15) is 0 Å². The lowest BCUT2D eigenvalue weighted by Gasteiger charge is -2.27. The molecular formula is C16H23BrN2O. The third-order valence-corrected chi connectivity index (χ3v) is 4.64. The van der Waals surface area contributed by atoms with Gasteiger partial charge in [0, 0.05) is 16.7 Å². The third-order valence-electron chi connectivity index (χ3n) is 4.15. The van der Waals surface area contributed by atoms with Crippen molar-refractivity contribution in [1.29, 1.82) is 0 Å². The van der Waals surface area contributed by atoms with Gasteiger partial charge in [-0.25, -0.2) is 0 Å². The number of nitrogens with one attached hydrogen (secondary N) is 2. The number of halogens is 1. The van der Waals surface area contributed by atoms with Gasteiger partial charge in [-0.05, 0) is 49.6 Å². The summed E-state index contributed by atoms with van der Waals surface area (Å²) in [6, 6.07) is 6.05. The maximum atomic E-state index is 12.7. The van der Waals surface area contributed by atoms with E-state index in [1.165, 1.54) is 5.56 Å². The van der Waals surface area contributed by atoms with Crippen molar-refractivity contribution in [3.63, 3.8) is 0 Å². The van der Waals surface area contributed by atoms with E-state index in [0.29, 0.717) is 0 Å². The molecule has 0 aliphatic carbocycles. The molecule has 1 atom stereocenters. The van der Waals surface area contributed by atoms with Gasteiger partial charge in [0.05, 0.1) is 5.41 Å². The quantitative estimate of drug-likeness (QED) is 0.858. The van der Waals surface area contributed by atoms with Crippen molar-refractivity contribution < 1.29 is 4.79 Å². The number of anilines is 1. The van der Waals surface area contributed by atoms with Crippen LogP contribution in [0, 0.1) is 5.41 Å². The second kappa shape index (κ2) is 6.72. The molecule has 0 aromatic heterocycles. The van der Waals surface area contributed by atoms with Crippen LogP contribution in [0.5, 0.6) is 0 Å². The summed E-state index contributed by atoms with van der Waals surface area (Å²) in [6.07, 6.45) is 3.83. The number of hydrogen-bond donors (Lipinski definition) is 2. The Labute approximate surface area is 129 Å². The molecule has 0 bridgehead atoms. The van der Waals surface area contributed by atoms with E-state index in [4.69, 9.17) is 0 Å². The Hall–Kier alpha value is -0.870. The molecule has 1 amide bonds. The highest BCUT2D eigenvalue weighted by molar-refractivity contribution is 9.10. The fourth-order valence-corrected chi connectivity index (χ4v) is 3.38. The van der Waals surface area contributed by atoms with E-state index < -0.39 is 0 Å². The molecule has 20 heavy (non-hydrogen) atoms. The number of hydrogen-bond acceptors (Lipinski definition) is 2. The third kappa shape index (κ3) is 3.23. The van der Waals surface area contributed by atoms with E-state index in [1.807, 2.05) is 12.1 Å². The topological polar surface area (TPSA) is 41.1 Å². The molecule has 1 aromatic rings. The fourth-order valence-electron chi connectivity index (χ4n) is 2.97. The van der Waals surface area contributed by atoms with Gasteiger partial charge in [-0.1, -0.05) is 36.2 Å². The van der Waals surface area contributed by atoms with Gasteiger partial charge in [-0.3, -0.25) is 4.79 Å². The Morgan fingerprint density at radius 3 is 2.85 bits per heavy atom. The zero-order valence-electron chi connectivity index (χ0n) is 12.3. The van der Waals surface area contributed by atoms with Crippen molar-refractivity contribution in [3.05, 3.63) is 28.2 Å². The molecule has 1 heterocycles. The molecule has 0 saturated carbocycles. The maximum absolute atomic E-state index is 12.7. The Morgan fingerprint density at radius 2 is 2.25 bits per heavy atom. The molecule has 2 N–H and O–H groups in total. The van der Waals surface area contributed by atoms with Crippen LogP contribution in [0.15, 0.2) is 22.7 Å². The first-order valence-corrected chi connectivity index (χ1v) is 8.21. The van der Waals surface area contributed by atoms with Gasteiger partial charge < -0.3 is 10.6 Å². The molecular weight excluding hydrogens is 316 g/mol. The standard InChI is InChI=1S/C16H23BrN2O/c1-3-7-16(8-9-18-11-16)15(20)19-14-6-5-13(17)10-12(14)4-2/h5-6,10,18H,3-4,7-9,11H2,1-2H3,(H,19,20). The molecule has 4 heteroatoms. The van der Waals surface area contributed by atoms with Crippen molar-refractivity contribution in [3.8, 4) is 0 Å². The van der Waals surface area contributed by atoms with Crippen molar-refractivity contribution in [1.82, 2.24) is 5.32 Å². The predicted molar refractivity (Wildman–Crippen MR) is 87.0 cm³/mol. The first-order valence-electron chi connectivity index (χ1n) is 7.42. The molecule has 1 unspecified atom stereocenters. The van der Waals surface area contributed by atoms with Crippen LogP contribution in [-0.2, 0) is 11.2 Å². The van der Waals surface area contributed by atoms with Crippen LogP contribution in [0.25, 0.3) is 0 Å². The summed E-state index contributed by atoms with van der Waals surface area (Å²) in [6.45, 7) is 5.99. The molecule has 1 aliphatic heterocycles. The minimum absolute atomic E-state index is 0.168. The molecule has 3 nitrogen and oxygen atoms in total. The zero-order chi connectivity index (χ0) is 14.6. The largest absolute Gasteiger partial charge is 0.325 e. The average molecular weight is 339 g/mol. The van der Waals surface area contributed by atoms with Crippen LogP contribution >= 0.6 is 15.9 Å². The van der Waals surface area contributed by atoms with E-state index >= 15 is 0 Å². The SMILES string of the molecule is CCCC1(C(=O)Nc2ccc(Br)cc2CC)CCNC1. The summed E-state index contributed by atoms with van der Waals surface area (Å²) in [5.41, 5.74) is 1.89. The highest BCUT2D eigenvalue weighted by atomic mass is 79.9. The molecule has 2 rings (SSSR count). The van der Waals surface area contributed by atoms with Crippen molar-refractivity contribution >= 4 is 27.5 Å². The molecule has 1 aromatic carbocycles. The Morgan fingerprint density at radius 1 is 1.45 bits per heavy atom. The van der Waals surface area contributed by atoms with Crippen LogP contribution in [0.3, 0.4) is 0 Å². The van der Waals surface area contributed by atoms with Crippen molar-refractivity contribution in [2.75, 3.05) is 18.4 Å². The maximum Gasteiger partial charge on any atom is 0.231 e. The molecule has 1 saturated heterocycles. The molecule has 0 radical (unpaired) electrons. The Bertz CT molecular complexity index is 481. The van der Waals surface area contributed by atoms with Crippen LogP contribution in [0.2, 0.25) is 0 Å². The van der Waals surface area contributed by atoms with Gasteiger partial charge in [0.15, 0.2) is 0 Å².